The first-order valence-corrected chi connectivity index (χ1v) is 6.44. The Balaban J connectivity index is 1.79. The summed E-state index contributed by atoms with van der Waals surface area (Å²) in [6.45, 7) is 0.569. The van der Waals surface area contributed by atoms with Crippen LogP contribution in [0.2, 0.25) is 0 Å². The largest absolute Gasteiger partial charge is 0.387 e. The highest BCUT2D eigenvalue weighted by Crippen LogP contribution is 2.13. The summed E-state index contributed by atoms with van der Waals surface area (Å²) >= 11 is 0. The SMILES string of the molecule is O=C1CCC(C(=O)NCC(O)c2ccccc2)CN1. The van der Waals surface area contributed by atoms with Gasteiger partial charge in [-0.2, -0.15) is 0 Å². The topological polar surface area (TPSA) is 78.4 Å². The van der Waals surface area contributed by atoms with Crippen LogP contribution in [-0.4, -0.2) is 30.0 Å². The summed E-state index contributed by atoms with van der Waals surface area (Å²) in [6.07, 6.45) is 0.252. The van der Waals surface area contributed by atoms with Gasteiger partial charge in [-0.3, -0.25) is 9.59 Å². The van der Waals surface area contributed by atoms with Crippen molar-refractivity contribution in [3.63, 3.8) is 0 Å². The molecule has 0 aromatic heterocycles. The molecule has 0 aliphatic carbocycles. The lowest BCUT2D eigenvalue weighted by Gasteiger charge is -2.22. The minimum atomic E-state index is -0.705. The normalized spacial score (nSPS) is 20.5. The van der Waals surface area contributed by atoms with E-state index in [0.29, 0.717) is 19.4 Å². The molecule has 0 radical (unpaired) electrons. The lowest BCUT2D eigenvalue weighted by molar-refractivity contribution is -0.129. The van der Waals surface area contributed by atoms with Crippen molar-refractivity contribution in [1.29, 1.82) is 0 Å². The second-order valence-electron chi connectivity index (χ2n) is 4.71. The summed E-state index contributed by atoms with van der Waals surface area (Å²) < 4.78 is 0. The van der Waals surface area contributed by atoms with Gasteiger partial charge in [-0.1, -0.05) is 30.3 Å². The van der Waals surface area contributed by atoms with Gasteiger partial charge < -0.3 is 15.7 Å². The molecule has 1 aromatic carbocycles. The predicted molar refractivity (Wildman–Crippen MR) is 70.1 cm³/mol. The van der Waals surface area contributed by atoms with Gasteiger partial charge in [-0.05, 0) is 12.0 Å². The van der Waals surface area contributed by atoms with Gasteiger partial charge in [0.15, 0.2) is 0 Å². The lowest BCUT2D eigenvalue weighted by atomic mass is 9.98. The quantitative estimate of drug-likeness (QED) is 0.733. The van der Waals surface area contributed by atoms with Gasteiger partial charge in [-0.25, -0.2) is 0 Å². The molecule has 0 saturated carbocycles. The van der Waals surface area contributed by atoms with Crippen LogP contribution in [0.1, 0.15) is 24.5 Å². The number of piperidine rings is 1. The van der Waals surface area contributed by atoms with Crippen molar-refractivity contribution in [3.8, 4) is 0 Å². The van der Waals surface area contributed by atoms with E-state index < -0.39 is 6.10 Å². The third kappa shape index (κ3) is 3.79. The molecule has 0 spiro atoms. The molecule has 2 unspecified atom stereocenters. The second-order valence-corrected chi connectivity index (χ2v) is 4.71. The van der Waals surface area contributed by atoms with Gasteiger partial charge in [-0.15, -0.1) is 0 Å². The molecule has 102 valence electrons. The van der Waals surface area contributed by atoms with Gasteiger partial charge in [0.2, 0.25) is 11.8 Å². The van der Waals surface area contributed by atoms with Crippen molar-refractivity contribution in [2.24, 2.45) is 5.92 Å². The van der Waals surface area contributed by atoms with Crippen molar-refractivity contribution < 1.29 is 14.7 Å². The summed E-state index contributed by atoms with van der Waals surface area (Å²) in [5.41, 5.74) is 0.778. The second kappa shape index (κ2) is 6.33. The molecule has 2 atom stereocenters. The van der Waals surface area contributed by atoms with Crippen LogP contribution in [0.15, 0.2) is 30.3 Å². The Labute approximate surface area is 112 Å². The van der Waals surface area contributed by atoms with E-state index in [9.17, 15) is 14.7 Å². The molecule has 1 fully saturated rings. The van der Waals surface area contributed by atoms with E-state index in [2.05, 4.69) is 10.6 Å². The van der Waals surface area contributed by atoms with E-state index in [4.69, 9.17) is 0 Å². The minimum Gasteiger partial charge on any atom is -0.387 e. The fourth-order valence-corrected chi connectivity index (χ4v) is 2.09. The third-order valence-corrected chi connectivity index (χ3v) is 3.29. The maximum Gasteiger partial charge on any atom is 0.225 e. The van der Waals surface area contributed by atoms with Gasteiger partial charge in [0.1, 0.15) is 0 Å². The molecular formula is C14H18N2O3. The van der Waals surface area contributed by atoms with Crippen molar-refractivity contribution in [2.45, 2.75) is 18.9 Å². The van der Waals surface area contributed by atoms with E-state index in [0.717, 1.165) is 5.56 Å². The summed E-state index contributed by atoms with van der Waals surface area (Å²) in [4.78, 5) is 22.9. The molecule has 19 heavy (non-hydrogen) atoms. The molecule has 2 amide bonds. The molecular weight excluding hydrogens is 244 g/mol. The minimum absolute atomic E-state index is 0.00614. The number of aliphatic hydroxyl groups excluding tert-OH is 1. The number of hydrogen-bond acceptors (Lipinski definition) is 3. The number of hydrogen-bond donors (Lipinski definition) is 3. The van der Waals surface area contributed by atoms with Crippen LogP contribution < -0.4 is 10.6 Å². The monoisotopic (exact) mass is 262 g/mol. The van der Waals surface area contributed by atoms with E-state index >= 15 is 0 Å². The van der Waals surface area contributed by atoms with Crippen LogP contribution in [0.25, 0.3) is 0 Å². The number of carbonyl (C=O) groups excluding carboxylic acids is 2. The zero-order chi connectivity index (χ0) is 13.7. The molecule has 1 aliphatic rings. The highest BCUT2D eigenvalue weighted by atomic mass is 16.3. The fraction of sp³-hybridized carbons (Fsp3) is 0.429. The summed E-state index contributed by atoms with van der Waals surface area (Å²) in [5, 5.41) is 15.3. The zero-order valence-electron chi connectivity index (χ0n) is 10.6. The molecule has 5 nitrogen and oxygen atoms in total. The van der Waals surface area contributed by atoms with Crippen LogP contribution in [0.5, 0.6) is 0 Å². The Hall–Kier alpha value is -1.88. The summed E-state index contributed by atoms with van der Waals surface area (Å²) in [5.74, 6) is -0.316. The Morgan fingerprint density at radius 3 is 2.79 bits per heavy atom. The van der Waals surface area contributed by atoms with Crippen molar-refractivity contribution in [2.75, 3.05) is 13.1 Å². The van der Waals surface area contributed by atoms with Crippen molar-refractivity contribution in [3.05, 3.63) is 35.9 Å². The Morgan fingerprint density at radius 1 is 1.42 bits per heavy atom. The van der Waals surface area contributed by atoms with Gasteiger partial charge >= 0.3 is 0 Å². The highest BCUT2D eigenvalue weighted by molar-refractivity contribution is 5.83. The molecule has 1 aliphatic heterocycles. The Morgan fingerprint density at radius 2 is 2.16 bits per heavy atom. The number of amides is 2. The van der Waals surface area contributed by atoms with Crippen LogP contribution in [0, 0.1) is 5.92 Å². The predicted octanol–water partition coefficient (Wildman–Crippen LogP) is 0.362. The molecule has 3 N–H and O–H groups in total. The summed E-state index contributed by atoms with van der Waals surface area (Å²) in [7, 11) is 0. The number of nitrogens with one attached hydrogen (secondary N) is 2. The standard InChI is InChI=1S/C14H18N2O3/c17-12(10-4-2-1-3-5-10)9-16-14(19)11-6-7-13(18)15-8-11/h1-5,11-12,17H,6-9H2,(H,15,18)(H,16,19). The first-order chi connectivity index (χ1) is 9.16. The average molecular weight is 262 g/mol. The number of benzene rings is 1. The molecule has 5 heteroatoms. The lowest BCUT2D eigenvalue weighted by Crippen LogP contribution is -2.43. The molecule has 1 heterocycles. The molecule has 1 aromatic rings. The zero-order valence-corrected chi connectivity index (χ0v) is 10.6. The molecule has 2 rings (SSSR count). The molecule has 1 saturated heterocycles. The first kappa shape index (κ1) is 13.5. The third-order valence-electron chi connectivity index (χ3n) is 3.29. The van der Waals surface area contributed by atoms with Crippen molar-refractivity contribution >= 4 is 11.8 Å². The smallest absolute Gasteiger partial charge is 0.225 e. The van der Waals surface area contributed by atoms with Crippen LogP contribution in [0.3, 0.4) is 0 Å². The van der Waals surface area contributed by atoms with Gasteiger partial charge in [0.25, 0.3) is 0 Å². The van der Waals surface area contributed by atoms with Gasteiger partial charge in [0, 0.05) is 19.5 Å². The van der Waals surface area contributed by atoms with E-state index in [1.54, 1.807) is 0 Å². The average Bonchev–Trinajstić information content (AvgIpc) is 2.46. The van der Waals surface area contributed by atoms with Crippen LogP contribution >= 0.6 is 0 Å². The number of carbonyl (C=O) groups is 2. The van der Waals surface area contributed by atoms with E-state index in [-0.39, 0.29) is 24.3 Å². The van der Waals surface area contributed by atoms with Crippen LogP contribution in [-0.2, 0) is 9.59 Å². The van der Waals surface area contributed by atoms with Crippen molar-refractivity contribution in [1.82, 2.24) is 10.6 Å². The number of rotatable bonds is 4. The summed E-state index contributed by atoms with van der Waals surface area (Å²) in [6, 6.07) is 9.20. The van der Waals surface area contributed by atoms with E-state index in [1.807, 2.05) is 30.3 Å². The maximum atomic E-state index is 11.9. The fourth-order valence-electron chi connectivity index (χ4n) is 2.09. The highest BCUT2D eigenvalue weighted by Gasteiger charge is 2.24. The maximum absolute atomic E-state index is 11.9. The Bertz CT molecular complexity index is 437. The Kier molecular flexibility index (Phi) is 4.52. The van der Waals surface area contributed by atoms with E-state index in [1.165, 1.54) is 0 Å². The van der Waals surface area contributed by atoms with Gasteiger partial charge in [0.05, 0.1) is 12.0 Å². The first-order valence-electron chi connectivity index (χ1n) is 6.44. The number of aliphatic hydroxyl groups is 1. The van der Waals surface area contributed by atoms with Crippen LogP contribution in [0.4, 0.5) is 0 Å². The molecule has 0 bridgehead atoms.